The van der Waals surface area contributed by atoms with Gasteiger partial charge in [-0.2, -0.15) is 0 Å². The summed E-state index contributed by atoms with van der Waals surface area (Å²) in [5.74, 6) is 1.06. The molecule has 2 rings (SSSR count). The van der Waals surface area contributed by atoms with Crippen molar-refractivity contribution in [3.8, 4) is 11.1 Å². The van der Waals surface area contributed by atoms with Gasteiger partial charge in [0.05, 0.1) is 0 Å². The van der Waals surface area contributed by atoms with Crippen LogP contribution in [0.25, 0.3) is 17.2 Å². The Kier molecular flexibility index (Phi) is 3.19. The Morgan fingerprint density at radius 1 is 1.24 bits per heavy atom. The minimum Gasteiger partial charge on any atom is -0.461 e. The molecule has 0 aliphatic carbocycles. The van der Waals surface area contributed by atoms with Crippen molar-refractivity contribution < 1.29 is 13.6 Å². The molecular weight excluding hydrogens is 219 g/mol. The average molecular weight is 230 g/mol. The Morgan fingerprint density at radius 2 is 1.94 bits per heavy atom. The zero-order valence-electron chi connectivity index (χ0n) is 9.31. The fourth-order valence-electron chi connectivity index (χ4n) is 1.64. The average Bonchev–Trinajstić information content (AvgIpc) is 2.69. The molecule has 0 atom stereocenters. The van der Waals surface area contributed by atoms with E-state index in [1.54, 1.807) is 18.2 Å². The molecule has 0 aliphatic rings. The number of aryl methyl sites for hydroxylation is 1. The van der Waals surface area contributed by atoms with Gasteiger partial charge in [0.1, 0.15) is 23.6 Å². The number of furan rings is 1. The molecule has 0 unspecified atom stereocenters. The van der Waals surface area contributed by atoms with Crippen LogP contribution >= 0.6 is 0 Å². The number of aldehydes is 1. The van der Waals surface area contributed by atoms with Crippen LogP contribution in [0.4, 0.5) is 4.39 Å². The third-order valence-corrected chi connectivity index (χ3v) is 2.37. The van der Waals surface area contributed by atoms with Crippen LogP contribution in [0.1, 0.15) is 11.5 Å². The van der Waals surface area contributed by atoms with Crippen molar-refractivity contribution >= 4 is 12.4 Å². The van der Waals surface area contributed by atoms with E-state index in [4.69, 9.17) is 4.42 Å². The summed E-state index contributed by atoms with van der Waals surface area (Å²) < 4.78 is 18.3. The van der Waals surface area contributed by atoms with Gasteiger partial charge in [-0.1, -0.05) is 12.1 Å². The van der Waals surface area contributed by atoms with Gasteiger partial charge in [-0.3, -0.25) is 4.79 Å². The maximum atomic E-state index is 12.8. The molecule has 0 fully saturated rings. The van der Waals surface area contributed by atoms with E-state index in [1.807, 2.05) is 13.0 Å². The lowest BCUT2D eigenvalue weighted by molar-refractivity contribution is -0.104. The van der Waals surface area contributed by atoms with Crippen molar-refractivity contribution in [1.82, 2.24) is 0 Å². The number of carbonyl (C=O) groups excluding carboxylic acids is 1. The van der Waals surface area contributed by atoms with Crippen LogP contribution in [-0.4, -0.2) is 6.29 Å². The molecule has 2 aromatic rings. The standard InChI is InChI=1S/C14H11FO2/c1-10-9-13(14(17-10)3-2-8-16)11-4-6-12(15)7-5-11/h2-9H,1H3/b3-2+. The van der Waals surface area contributed by atoms with Crippen molar-refractivity contribution in [2.24, 2.45) is 0 Å². The van der Waals surface area contributed by atoms with Gasteiger partial charge in [-0.05, 0) is 42.8 Å². The number of carbonyl (C=O) groups is 1. The second-order valence-corrected chi connectivity index (χ2v) is 3.64. The highest BCUT2D eigenvalue weighted by Crippen LogP contribution is 2.28. The van der Waals surface area contributed by atoms with Gasteiger partial charge in [-0.15, -0.1) is 0 Å². The van der Waals surface area contributed by atoms with E-state index in [-0.39, 0.29) is 5.82 Å². The lowest BCUT2D eigenvalue weighted by Gasteiger charge is -1.98. The molecule has 86 valence electrons. The van der Waals surface area contributed by atoms with Crippen LogP contribution < -0.4 is 0 Å². The van der Waals surface area contributed by atoms with Crippen LogP contribution in [0.15, 0.2) is 40.8 Å². The van der Waals surface area contributed by atoms with E-state index in [1.165, 1.54) is 18.2 Å². The van der Waals surface area contributed by atoms with E-state index in [0.717, 1.165) is 16.9 Å². The summed E-state index contributed by atoms with van der Waals surface area (Å²) in [6, 6.07) is 8.00. The van der Waals surface area contributed by atoms with Crippen molar-refractivity contribution in [3.63, 3.8) is 0 Å². The maximum Gasteiger partial charge on any atom is 0.142 e. The van der Waals surface area contributed by atoms with Crippen molar-refractivity contribution in [3.05, 3.63) is 53.7 Å². The summed E-state index contributed by atoms with van der Waals surface area (Å²) in [5, 5.41) is 0. The van der Waals surface area contributed by atoms with Gasteiger partial charge < -0.3 is 4.42 Å². The van der Waals surface area contributed by atoms with Crippen LogP contribution in [0.2, 0.25) is 0 Å². The number of allylic oxidation sites excluding steroid dienone is 1. The van der Waals surface area contributed by atoms with Gasteiger partial charge >= 0.3 is 0 Å². The third kappa shape index (κ3) is 2.50. The minimum absolute atomic E-state index is 0.279. The summed E-state index contributed by atoms with van der Waals surface area (Å²) in [5.41, 5.74) is 1.70. The van der Waals surface area contributed by atoms with Crippen molar-refractivity contribution in [2.75, 3.05) is 0 Å². The van der Waals surface area contributed by atoms with Crippen LogP contribution in [-0.2, 0) is 4.79 Å². The van der Waals surface area contributed by atoms with Gasteiger partial charge in [0.15, 0.2) is 0 Å². The van der Waals surface area contributed by atoms with Crippen molar-refractivity contribution in [2.45, 2.75) is 6.92 Å². The number of rotatable bonds is 3. The predicted molar refractivity (Wildman–Crippen MR) is 63.9 cm³/mol. The van der Waals surface area contributed by atoms with Crippen molar-refractivity contribution in [1.29, 1.82) is 0 Å². The molecule has 1 aromatic carbocycles. The number of benzene rings is 1. The van der Waals surface area contributed by atoms with E-state index < -0.39 is 0 Å². The molecule has 0 saturated carbocycles. The van der Waals surface area contributed by atoms with Gasteiger partial charge in [-0.25, -0.2) is 4.39 Å². The normalized spacial score (nSPS) is 10.9. The Balaban J connectivity index is 2.47. The Hall–Kier alpha value is -2.16. The molecule has 3 heteroatoms. The molecular formula is C14H11FO2. The largest absolute Gasteiger partial charge is 0.461 e. The second kappa shape index (κ2) is 4.78. The Morgan fingerprint density at radius 3 is 2.59 bits per heavy atom. The Bertz CT molecular complexity index is 550. The molecule has 17 heavy (non-hydrogen) atoms. The first-order valence-electron chi connectivity index (χ1n) is 5.19. The number of hydrogen-bond acceptors (Lipinski definition) is 2. The highest BCUT2D eigenvalue weighted by molar-refractivity contribution is 5.79. The summed E-state index contributed by atoms with van der Waals surface area (Å²) in [7, 11) is 0. The van der Waals surface area contributed by atoms with Gasteiger partial charge in [0.2, 0.25) is 0 Å². The molecule has 0 bridgehead atoms. The first-order valence-corrected chi connectivity index (χ1v) is 5.19. The van der Waals surface area contributed by atoms with E-state index in [0.29, 0.717) is 12.0 Å². The highest BCUT2D eigenvalue weighted by atomic mass is 19.1. The molecule has 0 radical (unpaired) electrons. The smallest absolute Gasteiger partial charge is 0.142 e. The predicted octanol–water partition coefficient (Wildman–Crippen LogP) is 3.61. The first-order chi connectivity index (χ1) is 8.20. The highest BCUT2D eigenvalue weighted by Gasteiger charge is 2.08. The summed E-state index contributed by atoms with van der Waals surface area (Å²) >= 11 is 0. The maximum absolute atomic E-state index is 12.8. The zero-order valence-corrected chi connectivity index (χ0v) is 9.31. The fourth-order valence-corrected chi connectivity index (χ4v) is 1.64. The lowest BCUT2D eigenvalue weighted by Crippen LogP contribution is -1.79. The Labute approximate surface area is 98.4 Å². The summed E-state index contributed by atoms with van der Waals surface area (Å²) in [4.78, 5) is 10.3. The minimum atomic E-state index is -0.279. The van der Waals surface area contributed by atoms with Crippen LogP contribution in [0, 0.1) is 12.7 Å². The van der Waals surface area contributed by atoms with Crippen LogP contribution in [0.3, 0.4) is 0 Å². The fraction of sp³-hybridized carbons (Fsp3) is 0.0714. The SMILES string of the molecule is Cc1cc(-c2ccc(F)cc2)c(/C=C/C=O)o1. The molecule has 1 aromatic heterocycles. The van der Waals surface area contributed by atoms with E-state index >= 15 is 0 Å². The van der Waals surface area contributed by atoms with Gasteiger partial charge in [0.25, 0.3) is 0 Å². The molecule has 1 heterocycles. The van der Waals surface area contributed by atoms with E-state index in [9.17, 15) is 9.18 Å². The van der Waals surface area contributed by atoms with E-state index in [2.05, 4.69) is 0 Å². The van der Waals surface area contributed by atoms with Gasteiger partial charge in [0, 0.05) is 5.56 Å². The topological polar surface area (TPSA) is 30.2 Å². The number of hydrogen-bond donors (Lipinski definition) is 0. The number of halogens is 1. The molecule has 0 spiro atoms. The molecule has 0 N–H and O–H groups in total. The molecule has 0 saturated heterocycles. The molecule has 2 nitrogen and oxygen atoms in total. The first kappa shape index (κ1) is 11.3. The quantitative estimate of drug-likeness (QED) is 0.595. The lowest BCUT2D eigenvalue weighted by atomic mass is 10.1. The van der Waals surface area contributed by atoms with Crippen LogP contribution in [0.5, 0.6) is 0 Å². The third-order valence-electron chi connectivity index (χ3n) is 2.37. The monoisotopic (exact) mass is 230 g/mol. The second-order valence-electron chi connectivity index (χ2n) is 3.64. The molecule has 0 amide bonds. The zero-order chi connectivity index (χ0) is 12.3. The summed E-state index contributed by atoms with van der Waals surface area (Å²) in [6.07, 6.45) is 3.65. The molecule has 0 aliphatic heterocycles. The summed E-state index contributed by atoms with van der Waals surface area (Å²) in [6.45, 7) is 1.82.